The van der Waals surface area contributed by atoms with Crippen LogP contribution in [0.25, 0.3) is 0 Å². The smallest absolute Gasteiger partial charge is 0.293 e. The van der Waals surface area contributed by atoms with Crippen molar-refractivity contribution >= 4 is 17.3 Å². The third-order valence-electron chi connectivity index (χ3n) is 3.87. The molecule has 0 aliphatic carbocycles. The molecular formula is C17H21N4O3+. The van der Waals surface area contributed by atoms with Crippen LogP contribution in [0.4, 0.5) is 11.4 Å². The molecule has 4 N–H and O–H groups in total. The Hall–Kier alpha value is -2.93. The average molecular weight is 329 g/mol. The molecule has 0 spiro atoms. The highest BCUT2D eigenvalue weighted by Crippen LogP contribution is 2.26. The highest BCUT2D eigenvalue weighted by Gasteiger charge is 2.21. The van der Waals surface area contributed by atoms with E-state index in [1.54, 1.807) is 0 Å². The number of carbonyl (C=O) groups excluding carboxylic acids is 1. The predicted octanol–water partition coefficient (Wildman–Crippen LogP) is 0.991. The molecule has 0 radical (unpaired) electrons. The third kappa shape index (κ3) is 4.08. The van der Waals surface area contributed by atoms with Gasteiger partial charge >= 0.3 is 0 Å². The molecule has 0 aliphatic rings. The first kappa shape index (κ1) is 17.4. The van der Waals surface area contributed by atoms with Gasteiger partial charge in [0.15, 0.2) is 0 Å². The Bertz CT molecular complexity index is 732. The Kier molecular flexibility index (Phi) is 5.49. The summed E-state index contributed by atoms with van der Waals surface area (Å²) < 4.78 is 0. The van der Waals surface area contributed by atoms with Crippen LogP contribution in [-0.2, 0) is 0 Å². The number of primary amides is 1. The van der Waals surface area contributed by atoms with Gasteiger partial charge in [-0.2, -0.15) is 0 Å². The largest absolute Gasteiger partial charge is 0.373 e. The van der Waals surface area contributed by atoms with Gasteiger partial charge in [0.2, 0.25) is 5.91 Å². The summed E-state index contributed by atoms with van der Waals surface area (Å²) in [5.41, 5.74) is 6.65. The Morgan fingerprint density at radius 3 is 2.46 bits per heavy atom. The van der Waals surface area contributed by atoms with Crippen molar-refractivity contribution < 1.29 is 14.6 Å². The van der Waals surface area contributed by atoms with Crippen LogP contribution in [0, 0.1) is 10.1 Å². The van der Waals surface area contributed by atoms with Gasteiger partial charge in [-0.05, 0) is 12.1 Å². The number of rotatable bonds is 7. The van der Waals surface area contributed by atoms with E-state index in [1.807, 2.05) is 44.4 Å². The number of benzene rings is 2. The molecule has 1 amide bonds. The van der Waals surface area contributed by atoms with Crippen molar-refractivity contribution in [3.63, 3.8) is 0 Å². The second-order valence-electron chi connectivity index (χ2n) is 5.77. The van der Waals surface area contributed by atoms with Crippen LogP contribution in [0.5, 0.6) is 0 Å². The van der Waals surface area contributed by atoms with E-state index in [0.29, 0.717) is 12.2 Å². The number of nitro groups is 1. The van der Waals surface area contributed by atoms with Gasteiger partial charge in [0, 0.05) is 17.2 Å². The molecule has 2 aromatic carbocycles. The second-order valence-corrected chi connectivity index (χ2v) is 5.77. The monoisotopic (exact) mass is 329 g/mol. The molecule has 0 aliphatic heterocycles. The van der Waals surface area contributed by atoms with Crippen molar-refractivity contribution in [2.75, 3.05) is 26.0 Å². The van der Waals surface area contributed by atoms with Crippen molar-refractivity contribution in [2.45, 2.75) is 6.04 Å². The summed E-state index contributed by atoms with van der Waals surface area (Å²) in [5, 5.41) is 14.4. The Morgan fingerprint density at radius 1 is 1.25 bits per heavy atom. The molecule has 0 fully saturated rings. The number of nitro benzene ring substituents is 1. The van der Waals surface area contributed by atoms with E-state index < -0.39 is 10.8 Å². The zero-order valence-corrected chi connectivity index (χ0v) is 13.7. The van der Waals surface area contributed by atoms with Gasteiger partial charge in [0.25, 0.3) is 5.69 Å². The van der Waals surface area contributed by atoms with Crippen LogP contribution in [-0.4, -0.2) is 31.5 Å². The van der Waals surface area contributed by atoms with Crippen LogP contribution in [0.1, 0.15) is 22.0 Å². The third-order valence-corrected chi connectivity index (χ3v) is 3.87. The van der Waals surface area contributed by atoms with Crippen molar-refractivity contribution in [3.8, 4) is 0 Å². The van der Waals surface area contributed by atoms with Crippen LogP contribution in [0.3, 0.4) is 0 Å². The molecule has 126 valence electrons. The Balaban J connectivity index is 2.23. The molecule has 0 saturated carbocycles. The first-order valence-electron chi connectivity index (χ1n) is 7.57. The second kappa shape index (κ2) is 7.56. The van der Waals surface area contributed by atoms with Crippen molar-refractivity contribution in [2.24, 2.45) is 5.73 Å². The maximum Gasteiger partial charge on any atom is 0.293 e. The number of nitrogens with one attached hydrogen (secondary N) is 2. The first-order chi connectivity index (χ1) is 11.4. The number of quaternary nitrogens is 1. The van der Waals surface area contributed by atoms with Crippen molar-refractivity contribution in [1.82, 2.24) is 0 Å². The lowest BCUT2D eigenvalue weighted by atomic mass is 10.1. The molecule has 0 unspecified atom stereocenters. The number of hydrogen-bond donors (Lipinski definition) is 3. The summed E-state index contributed by atoms with van der Waals surface area (Å²) in [6.45, 7) is 0.517. The standard InChI is InChI=1S/C17H20N4O3/c1-20(2)16(12-6-4-3-5-7-12)11-19-14-9-8-13(17(18)22)10-15(14)21(23)24/h3-10,16,19H,11H2,1-2H3,(H2,18,22)/p+1/t16-/m1/s1. The Morgan fingerprint density at radius 2 is 1.92 bits per heavy atom. The van der Waals surface area contributed by atoms with Crippen LogP contribution in [0.2, 0.25) is 0 Å². The minimum Gasteiger partial charge on any atom is -0.373 e. The Labute approximate surface area is 140 Å². The number of hydrogen-bond acceptors (Lipinski definition) is 4. The van der Waals surface area contributed by atoms with Gasteiger partial charge in [-0.25, -0.2) is 0 Å². The normalized spacial score (nSPS) is 12.0. The molecule has 2 aromatic rings. The first-order valence-corrected chi connectivity index (χ1v) is 7.57. The lowest BCUT2D eigenvalue weighted by Crippen LogP contribution is -3.06. The van der Waals surface area contributed by atoms with Crippen molar-refractivity contribution in [1.29, 1.82) is 0 Å². The lowest BCUT2D eigenvalue weighted by Gasteiger charge is -2.22. The van der Waals surface area contributed by atoms with E-state index in [4.69, 9.17) is 5.73 Å². The number of nitrogens with two attached hydrogens (primary N) is 1. The summed E-state index contributed by atoms with van der Waals surface area (Å²) in [6, 6.07) is 14.3. The fourth-order valence-corrected chi connectivity index (χ4v) is 2.54. The minimum absolute atomic E-state index is 0.116. The number of amides is 1. The molecule has 0 aromatic heterocycles. The predicted molar refractivity (Wildman–Crippen MR) is 92.1 cm³/mol. The van der Waals surface area contributed by atoms with Gasteiger partial charge in [-0.3, -0.25) is 14.9 Å². The quantitative estimate of drug-likeness (QED) is 0.521. The fraction of sp³-hybridized carbons (Fsp3) is 0.235. The van der Waals surface area contributed by atoms with E-state index in [2.05, 4.69) is 5.32 Å². The zero-order valence-electron chi connectivity index (χ0n) is 13.7. The summed E-state index contributed by atoms with van der Waals surface area (Å²) in [6.07, 6.45) is 0. The molecule has 2 rings (SSSR count). The van der Waals surface area contributed by atoms with E-state index in [-0.39, 0.29) is 17.3 Å². The highest BCUT2D eigenvalue weighted by atomic mass is 16.6. The fourth-order valence-electron chi connectivity index (χ4n) is 2.54. The molecule has 7 heteroatoms. The summed E-state index contributed by atoms with van der Waals surface area (Å²) >= 11 is 0. The zero-order chi connectivity index (χ0) is 17.7. The molecule has 0 saturated heterocycles. The molecule has 1 atom stereocenters. The van der Waals surface area contributed by atoms with Gasteiger partial charge in [-0.1, -0.05) is 30.3 Å². The number of anilines is 1. The average Bonchev–Trinajstić information content (AvgIpc) is 2.55. The van der Waals surface area contributed by atoms with Gasteiger partial charge in [0.1, 0.15) is 11.7 Å². The maximum atomic E-state index is 11.3. The topological polar surface area (TPSA) is 103 Å². The number of likely N-dealkylation sites (N-methyl/N-ethyl adjacent to an activating group) is 1. The number of nitrogens with zero attached hydrogens (tertiary/aromatic N) is 1. The van der Waals surface area contributed by atoms with E-state index in [1.165, 1.54) is 23.1 Å². The van der Waals surface area contributed by atoms with E-state index in [0.717, 1.165) is 5.56 Å². The summed E-state index contributed by atoms with van der Waals surface area (Å²) in [7, 11) is 4.06. The summed E-state index contributed by atoms with van der Waals surface area (Å²) in [4.78, 5) is 23.1. The molecular weight excluding hydrogens is 308 g/mol. The SMILES string of the molecule is C[NH+](C)[C@H](CNc1ccc(C(N)=O)cc1[N+](=O)[O-])c1ccccc1. The molecule has 24 heavy (non-hydrogen) atoms. The van der Waals surface area contributed by atoms with Crippen LogP contribution < -0.4 is 16.0 Å². The lowest BCUT2D eigenvalue weighted by molar-refractivity contribution is -0.890. The molecule has 7 nitrogen and oxygen atoms in total. The van der Waals surface area contributed by atoms with Gasteiger partial charge in [0.05, 0.1) is 25.6 Å². The van der Waals surface area contributed by atoms with E-state index >= 15 is 0 Å². The van der Waals surface area contributed by atoms with Crippen molar-refractivity contribution in [3.05, 3.63) is 69.8 Å². The summed E-state index contributed by atoms with van der Waals surface area (Å²) in [5.74, 6) is -0.690. The van der Waals surface area contributed by atoms with Gasteiger partial charge in [-0.15, -0.1) is 0 Å². The highest BCUT2D eigenvalue weighted by molar-refractivity contribution is 5.94. The minimum atomic E-state index is -0.690. The number of carbonyl (C=O) groups is 1. The molecule has 0 bridgehead atoms. The van der Waals surface area contributed by atoms with Crippen LogP contribution in [0.15, 0.2) is 48.5 Å². The van der Waals surface area contributed by atoms with E-state index in [9.17, 15) is 14.9 Å². The maximum absolute atomic E-state index is 11.3. The van der Waals surface area contributed by atoms with Gasteiger partial charge < -0.3 is 16.0 Å². The molecule has 0 heterocycles. The van der Waals surface area contributed by atoms with Crippen LogP contribution >= 0.6 is 0 Å².